The summed E-state index contributed by atoms with van der Waals surface area (Å²) in [4.78, 5) is 2.02. The van der Waals surface area contributed by atoms with E-state index in [0.717, 1.165) is 23.4 Å². The fourth-order valence-electron chi connectivity index (χ4n) is 3.31. The van der Waals surface area contributed by atoms with E-state index >= 15 is 0 Å². The Bertz CT molecular complexity index is 1110. The van der Waals surface area contributed by atoms with Crippen molar-refractivity contribution < 1.29 is 8.83 Å². The van der Waals surface area contributed by atoms with Crippen molar-refractivity contribution in [1.82, 2.24) is 10.2 Å². The van der Waals surface area contributed by atoms with Gasteiger partial charge in [-0.2, -0.15) is 0 Å². The largest absolute Gasteiger partial charge is 0.459 e. The predicted octanol–water partition coefficient (Wildman–Crippen LogP) is 5.37. The lowest BCUT2D eigenvalue weighted by Gasteiger charge is -2.29. The van der Waals surface area contributed by atoms with E-state index in [1.54, 1.807) is 18.4 Å². The summed E-state index contributed by atoms with van der Waals surface area (Å²) >= 11 is 0. The summed E-state index contributed by atoms with van der Waals surface area (Å²) in [5, 5.41) is 8.47. The summed E-state index contributed by atoms with van der Waals surface area (Å²) in [5.41, 5.74) is 5.62. The number of hydrogen-bond donors (Lipinski definition) is 0. The van der Waals surface area contributed by atoms with Crippen LogP contribution in [0.4, 0.5) is 11.7 Å². The summed E-state index contributed by atoms with van der Waals surface area (Å²) in [7, 11) is 0. The van der Waals surface area contributed by atoms with Crippen LogP contribution in [0.3, 0.4) is 0 Å². The van der Waals surface area contributed by atoms with Crippen molar-refractivity contribution in [3.63, 3.8) is 0 Å². The summed E-state index contributed by atoms with van der Waals surface area (Å²) < 4.78 is 11.4. The molecule has 132 valence electrons. The minimum Gasteiger partial charge on any atom is -0.459 e. The SMILES string of the molecule is Cc1ccc(C2=CCc3ccccc3N2c2nnc(-c3ccco3)o2)cc1. The van der Waals surface area contributed by atoms with E-state index in [0.29, 0.717) is 17.7 Å². The fraction of sp³-hybridized carbons (Fsp3) is 0.0909. The molecule has 5 heteroatoms. The van der Waals surface area contributed by atoms with Gasteiger partial charge < -0.3 is 8.83 Å². The quantitative estimate of drug-likeness (QED) is 0.494. The van der Waals surface area contributed by atoms with Crippen molar-refractivity contribution >= 4 is 17.4 Å². The third-order valence-corrected chi connectivity index (χ3v) is 4.67. The van der Waals surface area contributed by atoms with Gasteiger partial charge in [-0.15, -0.1) is 5.10 Å². The van der Waals surface area contributed by atoms with Crippen LogP contribution < -0.4 is 4.90 Å². The monoisotopic (exact) mass is 355 g/mol. The molecule has 27 heavy (non-hydrogen) atoms. The number of anilines is 2. The maximum Gasteiger partial charge on any atom is 0.327 e. The number of fused-ring (bicyclic) bond motifs is 1. The molecule has 0 fully saturated rings. The molecule has 0 N–H and O–H groups in total. The molecule has 0 bridgehead atoms. The van der Waals surface area contributed by atoms with E-state index in [9.17, 15) is 0 Å². The molecule has 0 atom stereocenters. The molecule has 0 unspecified atom stereocenters. The van der Waals surface area contributed by atoms with Crippen LogP contribution in [-0.4, -0.2) is 10.2 Å². The van der Waals surface area contributed by atoms with Crippen LogP contribution in [0, 0.1) is 6.92 Å². The molecule has 2 aromatic carbocycles. The lowest BCUT2D eigenvalue weighted by Crippen LogP contribution is -2.20. The minimum absolute atomic E-state index is 0.362. The Hall–Kier alpha value is -3.60. The Balaban J connectivity index is 1.63. The number of nitrogens with zero attached hydrogens (tertiary/aromatic N) is 3. The Morgan fingerprint density at radius 2 is 1.78 bits per heavy atom. The first-order chi connectivity index (χ1) is 13.3. The highest BCUT2D eigenvalue weighted by Gasteiger charge is 2.27. The summed E-state index contributed by atoms with van der Waals surface area (Å²) in [5.74, 6) is 0.918. The molecule has 1 aliphatic heterocycles. The van der Waals surface area contributed by atoms with Crippen LogP contribution in [0.25, 0.3) is 17.3 Å². The standard InChI is InChI=1S/C22H17N3O2/c1-15-8-10-17(11-9-15)19-13-12-16-5-2-3-6-18(16)25(19)22-24-23-21(27-22)20-7-4-14-26-20/h2-11,13-14H,12H2,1H3. The van der Waals surface area contributed by atoms with Crippen LogP contribution in [-0.2, 0) is 6.42 Å². The minimum atomic E-state index is 0.362. The zero-order valence-electron chi connectivity index (χ0n) is 14.8. The van der Waals surface area contributed by atoms with Gasteiger partial charge in [0.2, 0.25) is 0 Å². The smallest absolute Gasteiger partial charge is 0.327 e. The Kier molecular flexibility index (Phi) is 3.64. The van der Waals surface area contributed by atoms with Gasteiger partial charge >= 0.3 is 6.01 Å². The van der Waals surface area contributed by atoms with Gasteiger partial charge in [0.05, 0.1) is 17.6 Å². The average Bonchev–Trinajstić information content (AvgIpc) is 3.39. The van der Waals surface area contributed by atoms with Crippen LogP contribution in [0.2, 0.25) is 0 Å². The zero-order chi connectivity index (χ0) is 18.2. The first kappa shape index (κ1) is 15.6. The topological polar surface area (TPSA) is 55.3 Å². The number of para-hydroxylation sites is 1. The molecule has 2 aromatic heterocycles. The highest BCUT2D eigenvalue weighted by atomic mass is 16.4. The van der Waals surface area contributed by atoms with Gasteiger partial charge in [0.15, 0.2) is 5.76 Å². The highest BCUT2D eigenvalue weighted by molar-refractivity contribution is 5.88. The number of allylic oxidation sites excluding steroid dienone is 1. The van der Waals surface area contributed by atoms with E-state index in [4.69, 9.17) is 8.83 Å². The van der Waals surface area contributed by atoms with Gasteiger partial charge in [0, 0.05) is 0 Å². The molecule has 5 nitrogen and oxygen atoms in total. The predicted molar refractivity (Wildman–Crippen MR) is 103 cm³/mol. The van der Waals surface area contributed by atoms with Crippen LogP contribution in [0.5, 0.6) is 0 Å². The van der Waals surface area contributed by atoms with Crippen LogP contribution in [0.15, 0.2) is 81.8 Å². The summed E-state index contributed by atoms with van der Waals surface area (Å²) in [6.45, 7) is 2.08. The second kappa shape index (κ2) is 6.29. The molecule has 5 rings (SSSR count). The number of aromatic nitrogens is 2. The second-order valence-corrected chi connectivity index (χ2v) is 6.49. The normalized spacial score (nSPS) is 13.4. The van der Waals surface area contributed by atoms with E-state index in [2.05, 4.69) is 59.6 Å². The van der Waals surface area contributed by atoms with Crippen molar-refractivity contribution in [2.45, 2.75) is 13.3 Å². The van der Waals surface area contributed by atoms with Crippen LogP contribution in [0.1, 0.15) is 16.7 Å². The van der Waals surface area contributed by atoms with Gasteiger partial charge in [0.1, 0.15) is 0 Å². The molecule has 0 amide bonds. The number of furan rings is 1. The summed E-state index contributed by atoms with van der Waals surface area (Å²) in [6.07, 6.45) is 4.64. The first-order valence-corrected chi connectivity index (χ1v) is 8.82. The third kappa shape index (κ3) is 2.73. The van der Waals surface area contributed by atoms with Gasteiger partial charge in [-0.25, -0.2) is 0 Å². The Labute approximate surface area is 156 Å². The summed E-state index contributed by atoms with van der Waals surface area (Å²) in [6, 6.07) is 20.7. The molecule has 0 saturated carbocycles. The fourth-order valence-corrected chi connectivity index (χ4v) is 3.31. The molecular weight excluding hydrogens is 338 g/mol. The molecular formula is C22H17N3O2. The Morgan fingerprint density at radius 1 is 0.926 bits per heavy atom. The van der Waals surface area contributed by atoms with Crippen LogP contribution >= 0.6 is 0 Å². The molecule has 0 aliphatic carbocycles. The van der Waals surface area contributed by atoms with Crippen molar-refractivity contribution in [2.24, 2.45) is 0 Å². The highest BCUT2D eigenvalue weighted by Crippen LogP contribution is 2.40. The second-order valence-electron chi connectivity index (χ2n) is 6.49. The zero-order valence-corrected chi connectivity index (χ0v) is 14.8. The molecule has 4 aromatic rings. The van der Waals surface area contributed by atoms with E-state index < -0.39 is 0 Å². The maximum atomic E-state index is 5.97. The number of rotatable bonds is 3. The van der Waals surface area contributed by atoms with Crippen molar-refractivity contribution in [1.29, 1.82) is 0 Å². The molecule has 0 radical (unpaired) electrons. The lowest BCUT2D eigenvalue weighted by atomic mass is 9.99. The lowest BCUT2D eigenvalue weighted by molar-refractivity contribution is 0.520. The molecule has 0 spiro atoms. The van der Waals surface area contributed by atoms with E-state index in [1.807, 2.05) is 17.0 Å². The molecule has 1 aliphatic rings. The third-order valence-electron chi connectivity index (χ3n) is 4.67. The van der Waals surface area contributed by atoms with Crippen molar-refractivity contribution in [3.8, 4) is 11.7 Å². The van der Waals surface area contributed by atoms with Gasteiger partial charge in [-0.05, 0) is 42.7 Å². The maximum absolute atomic E-state index is 5.97. The molecule has 3 heterocycles. The van der Waals surface area contributed by atoms with E-state index in [-0.39, 0.29) is 0 Å². The number of aryl methyl sites for hydroxylation is 1. The Morgan fingerprint density at radius 3 is 2.59 bits per heavy atom. The van der Waals surface area contributed by atoms with Crippen molar-refractivity contribution in [2.75, 3.05) is 4.90 Å². The van der Waals surface area contributed by atoms with Gasteiger partial charge in [-0.3, -0.25) is 4.90 Å². The molecule has 0 saturated heterocycles. The van der Waals surface area contributed by atoms with Gasteiger partial charge in [-0.1, -0.05) is 59.2 Å². The average molecular weight is 355 g/mol. The van der Waals surface area contributed by atoms with E-state index in [1.165, 1.54) is 11.1 Å². The van der Waals surface area contributed by atoms with Crippen molar-refractivity contribution in [3.05, 3.63) is 89.7 Å². The number of hydrogen-bond acceptors (Lipinski definition) is 5. The first-order valence-electron chi connectivity index (χ1n) is 8.82. The van der Waals surface area contributed by atoms with Gasteiger partial charge in [0.25, 0.3) is 5.89 Å². The number of benzene rings is 2.